The average Bonchev–Trinajstić information content (AvgIpc) is 1.27. The van der Waals surface area contributed by atoms with Crippen molar-refractivity contribution in [3.05, 3.63) is 11.8 Å². The zero-order chi connectivity index (χ0) is 5.86. The molecule has 4 heteroatoms. The van der Waals surface area contributed by atoms with Gasteiger partial charge in [-0.2, -0.15) is 0 Å². The molecule has 0 amide bonds. The minimum absolute atomic E-state index is 0. The van der Waals surface area contributed by atoms with E-state index in [1.807, 2.05) is 0 Å². The number of carbonyl (C=O) groups excluding carboxylic acids is 1. The topological polar surface area (TPSA) is 37.3 Å². The summed E-state index contributed by atoms with van der Waals surface area (Å²) in [6.45, 7) is 2.85. The standard InChI is InChI=1S/C5H8O2.ClH.Sn.2H/c1-4(6)3-5(2)7;;;;/h3,6H,1-2H3;1H;;;/b4-3-;;;;. The molecule has 2 radical (unpaired) electrons. The van der Waals surface area contributed by atoms with Gasteiger partial charge in [0.25, 0.3) is 0 Å². The third-order valence-electron chi connectivity index (χ3n) is 0.412. The molecule has 1 N–H and O–H groups in total. The summed E-state index contributed by atoms with van der Waals surface area (Å²) >= 11 is 0. The molecule has 0 unspecified atom stereocenters. The van der Waals surface area contributed by atoms with Crippen molar-refractivity contribution in [1.29, 1.82) is 0 Å². The van der Waals surface area contributed by atoms with Crippen molar-refractivity contribution >= 4 is 42.1 Å². The van der Waals surface area contributed by atoms with Gasteiger partial charge in [-0.3, -0.25) is 4.79 Å². The van der Waals surface area contributed by atoms with Gasteiger partial charge in [0.15, 0.2) is 5.78 Å². The Bertz CT molecular complexity index is 108. The molecule has 0 aliphatic heterocycles. The van der Waals surface area contributed by atoms with Gasteiger partial charge in [0, 0.05) is 6.08 Å². The van der Waals surface area contributed by atoms with Gasteiger partial charge < -0.3 is 5.11 Å². The molecule has 0 heterocycles. The van der Waals surface area contributed by atoms with Gasteiger partial charge >= 0.3 is 23.9 Å². The van der Waals surface area contributed by atoms with E-state index in [0.29, 0.717) is 0 Å². The molecule has 0 atom stereocenters. The van der Waals surface area contributed by atoms with Crippen molar-refractivity contribution in [1.82, 2.24) is 0 Å². The summed E-state index contributed by atoms with van der Waals surface area (Å²) in [6.07, 6.45) is 1.17. The van der Waals surface area contributed by atoms with Crippen molar-refractivity contribution in [2.75, 3.05) is 0 Å². The second kappa shape index (κ2) is 8.30. The summed E-state index contributed by atoms with van der Waals surface area (Å²) in [5.41, 5.74) is 0. The molecule has 54 valence electrons. The summed E-state index contributed by atoms with van der Waals surface area (Å²) in [6, 6.07) is 0. The van der Waals surface area contributed by atoms with Crippen molar-refractivity contribution < 1.29 is 9.90 Å². The van der Waals surface area contributed by atoms with Crippen LogP contribution in [0.2, 0.25) is 0 Å². The van der Waals surface area contributed by atoms with E-state index in [9.17, 15) is 4.79 Å². The molecule has 0 fully saturated rings. The van der Waals surface area contributed by atoms with E-state index in [1.54, 1.807) is 0 Å². The molecule has 2 nitrogen and oxygen atoms in total. The molecule has 0 rings (SSSR count). The summed E-state index contributed by atoms with van der Waals surface area (Å²) in [5.74, 6) is -0.0625. The number of aliphatic hydroxyl groups excluding tert-OH is 1. The van der Waals surface area contributed by atoms with Crippen LogP contribution in [0.15, 0.2) is 11.8 Å². The molecule has 0 aromatic carbocycles. The Morgan fingerprint density at radius 3 is 1.78 bits per heavy atom. The molecule has 0 aliphatic carbocycles. The molecule has 0 aliphatic rings. The number of halogens is 1. The van der Waals surface area contributed by atoms with E-state index in [0.717, 1.165) is 0 Å². The Balaban J connectivity index is -0.000000180. The van der Waals surface area contributed by atoms with Gasteiger partial charge in [-0.05, 0) is 13.8 Å². The van der Waals surface area contributed by atoms with Gasteiger partial charge in [-0.1, -0.05) is 0 Å². The molecule has 9 heavy (non-hydrogen) atoms. The zero-order valence-electron chi connectivity index (χ0n) is 5.55. The van der Waals surface area contributed by atoms with E-state index >= 15 is 0 Å². The van der Waals surface area contributed by atoms with E-state index in [1.165, 1.54) is 19.9 Å². The van der Waals surface area contributed by atoms with Crippen LogP contribution in [-0.2, 0) is 4.79 Å². The Labute approximate surface area is 77.7 Å². The molecule has 0 bridgehead atoms. The number of ketones is 1. The third-order valence-corrected chi connectivity index (χ3v) is 0.412. The van der Waals surface area contributed by atoms with E-state index in [2.05, 4.69) is 0 Å². The second-order valence-corrected chi connectivity index (χ2v) is 1.40. The summed E-state index contributed by atoms with van der Waals surface area (Å²) < 4.78 is 0. The molecule has 0 spiro atoms. The Hall–Kier alpha value is 0.299. The fourth-order valence-electron chi connectivity index (χ4n) is 0.294. The van der Waals surface area contributed by atoms with Crippen molar-refractivity contribution in [3.8, 4) is 0 Å². The molecular formula is C5H11ClO2Sn. The first-order valence-electron chi connectivity index (χ1n) is 2.01. The third kappa shape index (κ3) is 17.8. The Morgan fingerprint density at radius 1 is 1.44 bits per heavy atom. The van der Waals surface area contributed by atoms with Gasteiger partial charge in [0.2, 0.25) is 0 Å². The molecule has 0 saturated carbocycles. The summed E-state index contributed by atoms with van der Waals surface area (Å²) in [5, 5.41) is 8.36. The maximum atomic E-state index is 10.0. The van der Waals surface area contributed by atoms with Crippen molar-refractivity contribution in [3.63, 3.8) is 0 Å². The predicted molar refractivity (Wildman–Crippen MR) is 42.9 cm³/mol. The number of allylic oxidation sites excluding steroid dienone is 2. The van der Waals surface area contributed by atoms with Gasteiger partial charge in [0.1, 0.15) is 0 Å². The molecule has 0 saturated heterocycles. The van der Waals surface area contributed by atoms with Crippen LogP contribution >= 0.6 is 12.4 Å². The first-order valence-corrected chi connectivity index (χ1v) is 2.01. The van der Waals surface area contributed by atoms with Crippen LogP contribution in [0.25, 0.3) is 0 Å². The zero-order valence-corrected chi connectivity index (χ0v) is 10.4. The van der Waals surface area contributed by atoms with Crippen molar-refractivity contribution in [2.24, 2.45) is 0 Å². The quantitative estimate of drug-likeness (QED) is 0.423. The van der Waals surface area contributed by atoms with Crippen LogP contribution in [-0.4, -0.2) is 34.8 Å². The first-order chi connectivity index (χ1) is 3.13. The van der Waals surface area contributed by atoms with E-state index in [4.69, 9.17) is 5.11 Å². The summed E-state index contributed by atoms with van der Waals surface area (Å²) in [7, 11) is 0. The number of hydrogen-bond donors (Lipinski definition) is 1. The maximum absolute atomic E-state index is 10.0. The molecule has 0 aromatic heterocycles. The number of rotatable bonds is 1. The fourth-order valence-corrected chi connectivity index (χ4v) is 0.294. The minimum atomic E-state index is -0.125. The van der Waals surface area contributed by atoms with Crippen LogP contribution in [0.1, 0.15) is 13.8 Å². The number of hydrogen-bond acceptors (Lipinski definition) is 2. The molecule has 0 aromatic rings. The van der Waals surface area contributed by atoms with E-state index in [-0.39, 0.29) is 47.9 Å². The summed E-state index contributed by atoms with van der Waals surface area (Å²) in [4.78, 5) is 10.0. The van der Waals surface area contributed by atoms with Crippen LogP contribution in [0.4, 0.5) is 0 Å². The van der Waals surface area contributed by atoms with E-state index < -0.39 is 0 Å². The SMILES string of the molecule is CC(=O)/C=C(/C)O.Cl.[SnH2]. The first kappa shape index (κ1) is 16.1. The van der Waals surface area contributed by atoms with Gasteiger partial charge in [0.05, 0.1) is 5.76 Å². The van der Waals surface area contributed by atoms with Crippen LogP contribution in [0.3, 0.4) is 0 Å². The van der Waals surface area contributed by atoms with Crippen LogP contribution < -0.4 is 0 Å². The Morgan fingerprint density at radius 2 is 1.78 bits per heavy atom. The fraction of sp³-hybridized carbons (Fsp3) is 0.400. The van der Waals surface area contributed by atoms with Crippen LogP contribution in [0.5, 0.6) is 0 Å². The number of aliphatic hydroxyl groups is 1. The van der Waals surface area contributed by atoms with Crippen LogP contribution in [0, 0.1) is 0 Å². The average molecular weight is 257 g/mol. The molecular weight excluding hydrogens is 246 g/mol. The predicted octanol–water partition coefficient (Wildman–Crippen LogP) is 0.543. The monoisotopic (exact) mass is 258 g/mol. The van der Waals surface area contributed by atoms with Crippen molar-refractivity contribution in [2.45, 2.75) is 13.8 Å². The second-order valence-electron chi connectivity index (χ2n) is 1.40. The Kier molecular flexibility index (Phi) is 14.9. The van der Waals surface area contributed by atoms with Gasteiger partial charge in [-0.25, -0.2) is 0 Å². The van der Waals surface area contributed by atoms with Gasteiger partial charge in [-0.15, -0.1) is 12.4 Å². The normalized spacial score (nSPS) is 8.89. The number of carbonyl (C=O) groups is 1.